The summed E-state index contributed by atoms with van der Waals surface area (Å²) in [5.41, 5.74) is 11.5. The molecule has 6 rings (SSSR count). The molecular weight excluding hydrogens is 543 g/mol. The molecule has 0 bridgehead atoms. The van der Waals surface area contributed by atoms with Gasteiger partial charge in [-0.2, -0.15) is 5.10 Å². The first-order valence-corrected chi connectivity index (χ1v) is 14.4. The lowest BCUT2D eigenvalue weighted by Crippen LogP contribution is -2.36. The summed E-state index contributed by atoms with van der Waals surface area (Å²) in [4.78, 5) is 19.1. The first kappa shape index (κ1) is 26.7. The van der Waals surface area contributed by atoms with Crippen molar-refractivity contribution in [3.63, 3.8) is 0 Å². The van der Waals surface area contributed by atoms with Gasteiger partial charge in [0.1, 0.15) is 11.6 Å². The van der Waals surface area contributed by atoms with E-state index < -0.39 is 5.82 Å². The second-order valence-corrected chi connectivity index (χ2v) is 10.3. The number of carbonyl (C=O) groups is 1. The number of hydrogen-bond acceptors (Lipinski definition) is 8. The van der Waals surface area contributed by atoms with Crippen LogP contribution in [-0.2, 0) is 4.74 Å². The number of para-hydroxylation sites is 1. The van der Waals surface area contributed by atoms with Crippen molar-refractivity contribution in [2.45, 2.75) is 6.92 Å². The molecule has 0 saturated carbocycles. The number of carbonyl (C=O) groups excluding carboxylic acids is 1. The summed E-state index contributed by atoms with van der Waals surface area (Å²) in [6, 6.07) is 17.4. The Bertz CT molecular complexity index is 1740. The van der Waals surface area contributed by atoms with Crippen molar-refractivity contribution in [3.8, 4) is 17.2 Å². The highest BCUT2D eigenvalue weighted by molar-refractivity contribution is 7.99. The molecular formula is C30H29FN6O3S. The van der Waals surface area contributed by atoms with Crippen LogP contribution >= 0.6 is 11.9 Å². The third-order valence-electron chi connectivity index (χ3n) is 7.06. The zero-order valence-corrected chi connectivity index (χ0v) is 23.4. The third-order valence-corrected chi connectivity index (χ3v) is 7.48. The number of ether oxygens (including phenoxy) is 2. The van der Waals surface area contributed by atoms with Crippen LogP contribution < -0.4 is 20.1 Å². The summed E-state index contributed by atoms with van der Waals surface area (Å²) in [5, 5.41) is 5.34. The number of H-pyrrole nitrogens is 1. The zero-order valence-electron chi connectivity index (χ0n) is 22.6. The standard InChI is InChI=1S/C30H29FN6O3S/c1-18-13-20(40-28-6-4-3-5-22(28)31)7-8-26(18)37-30(32)21(17-33-37)29(38)25-14-19-15-27(36-9-11-39-12-10-36)24(35-41-2)16-23(19)34-25/h3-8,13-17,34-35H,9-12,32H2,1-2H3. The molecule has 1 saturated heterocycles. The molecule has 1 aliphatic heterocycles. The van der Waals surface area contributed by atoms with E-state index in [-0.39, 0.29) is 17.4 Å². The molecule has 2 aromatic heterocycles. The first-order valence-electron chi connectivity index (χ1n) is 13.1. The SMILES string of the molecule is CSNc1cc2[nH]c(C(=O)c3cnn(-c4ccc(Oc5ccccc5F)cc4C)c3N)cc2cc1N1CCOCC1. The predicted molar refractivity (Wildman–Crippen MR) is 161 cm³/mol. The third kappa shape index (κ3) is 5.21. The number of nitrogens with two attached hydrogens (primary N) is 1. The summed E-state index contributed by atoms with van der Waals surface area (Å²) >= 11 is 1.52. The molecule has 0 radical (unpaired) electrons. The number of morpholine rings is 1. The summed E-state index contributed by atoms with van der Waals surface area (Å²) in [6.07, 6.45) is 3.45. The number of nitrogen functional groups attached to an aromatic ring is 1. The molecule has 0 amide bonds. The van der Waals surface area contributed by atoms with E-state index in [1.807, 2.05) is 25.3 Å². The van der Waals surface area contributed by atoms with Crippen molar-refractivity contribution in [2.75, 3.05) is 47.9 Å². The van der Waals surface area contributed by atoms with Crippen molar-refractivity contribution in [1.29, 1.82) is 0 Å². The first-order chi connectivity index (χ1) is 19.9. The van der Waals surface area contributed by atoms with Gasteiger partial charge in [-0.25, -0.2) is 9.07 Å². The van der Waals surface area contributed by atoms with Crippen molar-refractivity contribution in [3.05, 3.63) is 89.5 Å². The number of aromatic nitrogens is 3. The van der Waals surface area contributed by atoms with Crippen LogP contribution in [0.4, 0.5) is 21.6 Å². The number of aromatic amines is 1. The fourth-order valence-corrected chi connectivity index (χ4v) is 5.39. The quantitative estimate of drug-likeness (QED) is 0.155. The molecule has 1 fully saturated rings. The number of benzene rings is 3. The van der Waals surface area contributed by atoms with Gasteiger partial charge in [-0.3, -0.25) is 4.79 Å². The number of nitrogens with zero attached hydrogens (tertiary/aromatic N) is 3. The molecule has 210 valence electrons. The zero-order chi connectivity index (χ0) is 28.5. The average Bonchev–Trinajstić information content (AvgIpc) is 3.57. The van der Waals surface area contributed by atoms with Gasteiger partial charge in [-0.1, -0.05) is 24.1 Å². The smallest absolute Gasteiger partial charge is 0.214 e. The lowest BCUT2D eigenvalue weighted by molar-refractivity contribution is 0.103. The van der Waals surface area contributed by atoms with E-state index in [9.17, 15) is 9.18 Å². The molecule has 0 unspecified atom stereocenters. The molecule has 9 nitrogen and oxygen atoms in total. The van der Waals surface area contributed by atoms with E-state index in [0.717, 1.165) is 40.9 Å². The number of halogens is 1. The predicted octanol–water partition coefficient (Wildman–Crippen LogP) is 5.93. The highest BCUT2D eigenvalue weighted by atomic mass is 32.2. The Hall–Kier alpha value is -4.48. The van der Waals surface area contributed by atoms with Crippen molar-refractivity contribution < 1.29 is 18.7 Å². The molecule has 3 heterocycles. The molecule has 11 heteroatoms. The Balaban J connectivity index is 1.28. The minimum Gasteiger partial charge on any atom is -0.454 e. The van der Waals surface area contributed by atoms with E-state index >= 15 is 0 Å². The highest BCUT2D eigenvalue weighted by Gasteiger charge is 2.22. The normalized spacial score (nSPS) is 13.5. The van der Waals surface area contributed by atoms with Gasteiger partial charge < -0.3 is 29.8 Å². The average molecular weight is 573 g/mol. The van der Waals surface area contributed by atoms with Crippen LogP contribution in [0.15, 0.2) is 66.9 Å². The summed E-state index contributed by atoms with van der Waals surface area (Å²) in [5.74, 6) is 0.133. The Labute approximate surface area is 240 Å². The number of aryl methyl sites for hydroxylation is 1. The van der Waals surface area contributed by atoms with Crippen LogP contribution in [0.3, 0.4) is 0 Å². The largest absolute Gasteiger partial charge is 0.454 e. The van der Waals surface area contributed by atoms with Crippen LogP contribution in [0.2, 0.25) is 0 Å². The van der Waals surface area contributed by atoms with Gasteiger partial charge in [0.25, 0.3) is 0 Å². The monoisotopic (exact) mass is 572 g/mol. The number of fused-ring (bicyclic) bond motifs is 1. The van der Waals surface area contributed by atoms with Crippen LogP contribution in [0.5, 0.6) is 11.5 Å². The van der Waals surface area contributed by atoms with E-state index in [1.54, 1.807) is 36.4 Å². The van der Waals surface area contributed by atoms with Crippen LogP contribution in [0, 0.1) is 12.7 Å². The van der Waals surface area contributed by atoms with Crippen molar-refractivity contribution >= 4 is 45.8 Å². The molecule has 0 spiro atoms. The van der Waals surface area contributed by atoms with E-state index in [2.05, 4.69) is 25.8 Å². The van der Waals surface area contributed by atoms with Crippen LogP contribution in [0.25, 0.3) is 16.6 Å². The maximum absolute atomic E-state index is 14.0. The summed E-state index contributed by atoms with van der Waals surface area (Å²) < 4.78 is 30.1. The lowest BCUT2D eigenvalue weighted by Gasteiger charge is -2.30. The number of rotatable bonds is 8. The fourth-order valence-electron chi connectivity index (χ4n) is 5.00. The minimum atomic E-state index is -0.445. The number of nitrogens with one attached hydrogen (secondary N) is 2. The number of anilines is 3. The van der Waals surface area contributed by atoms with Gasteiger partial charge in [0.05, 0.1) is 47.7 Å². The highest BCUT2D eigenvalue weighted by Crippen LogP contribution is 2.34. The van der Waals surface area contributed by atoms with Gasteiger partial charge in [-0.05, 0) is 61.0 Å². The summed E-state index contributed by atoms with van der Waals surface area (Å²) in [7, 11) is 0. The van der Waals surface area contributed by atoms with Gasteiger partial charge >= 0.3 is 0 Å². The van der Waals surface area contributed by atoms with E-state index in [4.69, 9.17) is 15.2 Å². The molecule has 1 aliphatic rings. The molecule has 4 N–H and O–H groups in total. The summed E-state index contributed by atoms with van der Waals surface area (Å²) in [6.45, 7) is 4.83. The van der Waals surface area contributed by atoms with Crippen LogP contribution in [-0.4, -0.2) is 53.1 Å². The molecule has 5 aromatic rings. The maximum Gasteiger partial charge on any atom is 0.214 e. The Morgan fingerprint density at radius 2 is 1.93 bits per heavy atom. The van der Waals surface area contributed by atoms with Gasteiger partial charge in [-0.15, -0.1) is 0 Å². The van der Waals surface area contributed by atoms with E-state index in [1.165, 1.54) is 28.9 Å². The van der Waals surface area contributed by atoms with Gasteiger partial charge in [0.2, 0.25) is 5.78 Å². The van der Waals surface area contributed by atoms with E-state index in [0.29, 0.717) is 35.9 Å². The molecule has 0 aliphatic carbocycles. The maximum atomic E-state index is 14.0. The topological polar surface area (TPSA) is 110 Å². The Morgan fingerprint density at radius 1 is 1.12 bits per heavy atom. The second-order valence-electron chi connectivity index (χ2n) is 9.71. The number of hydrogen-bond donors (Lipinski definition) is 3. The lowest BCUT2D eigenvalue weighted by atomic mass is 10.1. The van der Waals surface area contributed by atoms with Gasteiger partial charge in [0.15, 0.2) is 11.6 Å². The fraction of sp³-hybridized carbons (Fsp3) is 0.200. The van der Waals surface area contributed by atoms with Crippen molar-refractivity contribution in [2.24, 2.45) is 0 Å². The Morgan fingerprint density at radius 3 is 2.68 bits per heavy atom. The van der Waals surface area contributed by atoms with Crippen molar-refractivity contribution in [1.82, 2.24) is 14.8 Å². The Kier molecular flexibility index (Phi) is 7.29. The van der Waals surface area contributed by atoms with Crippen LogP contribution in [0.1, 0.15) is 21.6 Å². The molecule has 3 aromatic carbocycles. The number of ketones is 1. The van der Waals surface area contributed by atoms with Gasteiger partial charge in [0, 0.05) is 30.2 Å². The molecule has 0 atom stereocenters. The minimum absolute atomic E-state index is 0.137. The second kappa shape index (κ2) is 11.2. The molecule has 41 heavy (non-hydrogen) atoms.